The van der Waals surface area contributed by atoms with Gasteiger partial charge in [0.15, 0.2) is 5.78 Å². The van der Waals surface area contributed by atoms with E-state index in [4.69, 9.17) is 14.8 Å². The molecule has 0 spiro atoms. The van der Waals surface area contributed by atoms with Gasteiger partial charge in [0.2, 0.25) is 5.88 Å². The van der Waals surface area contributed by atoms with Crippen LogP contribution in [0, 0.1) is 5.41 Å². The molecule has 1 N–H and O–H groups in total. The molecule has 199 valence electrons. The number of fused-ring (bicyclic) bond motifs is 5. The van der Waals surface area contributed by atoms with Gasteiger partial charge >= 0.3 is 0 Å². The number of aliphatic hydroxyl groups excluding tert-OH is 1. The molecule has 2 aliphatic carbocycles. The molecule has 2 bridgehead atoms. The number of hydrogen-bond donors (Lipinski definition) is 1. The van der Waals surface area contributed by atoms with Crippen molar-refractivity contribution in [1.29, 1.82) is 0 Å². The number of pyridine rings is 2. The van der Waals surface area contributed by atoms with Crippen LogP contribution < -0.4 is 9.84 Å². The summed E-state index contributed by atoms with van der Waals surface area (Å²) < 4.78 is 5.75. The van der Waals surface area contributed by atoms with Crippen LogP contribution in [-0.2, 0) is 36.9 Å². The van der Waals surface area contributed by atoms with E-state index < -0.39 is 0 Å². The minimum Gasteiger partial charge on any atom is -0.624 e. The number of ketones is 1. The second-order valence-electron chi connectivity index (χ2n) is 10.2. The van der Waals surface area contributed by atoms with Crippen LogP contribution in [0.15, 0.2) is 54.4 Å². The quantitative estimate of drug-likeness (QED) is 0.196. The van der Waals surface area contributed by atoms with E-state index in [-0.39, 0.29) is 49.2 Å². The molecule has 1 radical (unpaired) electrons. The van der Waals surface area contributed by atoms with Crippen molar-refractivity contribution in [2.24, 2.45) is 5.41 Å². The van der Waals surface area contributed by atoms with E-state index in [0.29, 0.717) is 18.3 Å². The molecule has 5 rings (SSSR count). The molecular formula is C28H33IrN5O3-2. The van der Waals surface area contributed by atoms with Crippen molar-refractivity contribution >= 4 is 5.78 Å². The number of hydrogen-bond acceptors (Lipinski definition) is 6. The van der Waals surface area contributed by atoms with E-state index in [0.717, 1.165) is 17.1 Å². The molecule has 3 aromatic rings. The van der Waals surface area contributed by atoms with Crippen LogP contribution in [0.2, 0.25) is 0 Å². The number of ether oxygens (including phenoxy) is 1. The van der Waals surface area contributed by atoms with Crippen molar-refractivity contribution in [2.75, 3.05) is 6.73 Å². The van der Waals surface area contributed by atoms with E-state index in [1.54, 1.807) is 6.20 Å². The summed E-state index contributed by atoms with van der Waals surface area (Å²) in [5.74, 6) is 0.984. The van der Waals surface area contributed by atoms with Crippen molar-refractivity contribution in [3.8, 4) is 17.3 Å². The topological polar surface area (TPSA) is 113 Å². The molecule has 8 nitrogen and oxygen atoms in total. The third-order valence-electron chi connectivity index (χ3n) is 7.54. The van der Waals surface area contributed by atoms with Crippen LogP contribution in [0.3, 0.4) is 0 Å². The molecule has 9 heteroatoms. The minimum absolute atomic E-state index is 0. The molecule has 0 amide bonds. The molecule has 3 aromatic heterocycles. The summed E-state index contributed by atoms with van der Waals surface area (Å²) in [7, 11) is 0. The van der Waals surface area contributed by atoms with Crippen molar-refractivity contribution in [3.63, 3.8) is 0 Å². The van der Waals surface area contributed by atoms with Crippen molar-refractivity contribution < 1.29 is 34.7 Å². The Bertz CT molecular complexity index is 1250. The first-order chi connectivity index (χ1) is 17.1. The monoisotopic (exact) mass is 680 g/mol. The molecule has 0 saturated heterocycles. The summed E-state index contributed by atoms with van der Waals surface area (Å²) in [6.45, 7) is 10.7. The first-order valence-electron chi connectivity index (χ1n) is 12.2. The fourth-order valence-corrected chi connectivity index (χ4v) is 5.36. The Labute approximate surface area is 231 Å². The van der Waals surface area contributed by atoms with Crippen LogP contribution in [0.25, 0.3) is 16.7 Å². The molecule has 1 fully saturated rings. The van der Waals surface area contributed by atoms with E-state index in [9.17, 15) is 4.79 Å². The van der Waals surface area contributed by atoms with Gasteiger partial charge < -0.3 is 25.4 Å². The van der Waals surface area contributed by atoms with Crippen molar-refractivity contribution in [2.45, 2.75) is 65.3 Å². The Hall–Kier alpha value is -2.87. The summed E-state index contributed by atoms with van der Waals surface area (Å²) in [6.07, 6.45) is 5.31. The maximum Gasteiger partial charge on any atom is 0.211 e. The van der Waals surface area contributed by atoms with Gasteiger partial charge in [-0.05, 0) is 61.8 Å². The van der Waals surface area contributed by atoms with E-state index in [1.807, 2.05) is 36.4 Å². The van der Waals surface area contributed by atoms with Gasteiger partial charge in [-0.2, -0.15) is 0 Å². The second-order valence-corrected chi connectivity index (χ2v) is 10.2. The predicted octanol–water partition coefficient (Wildman–Crippen LogP) is 5.62. The molecule has 2 unspecified atom stereocenters. The van der Waals surface area contributed by atoms with E-state index in [1.165, 1.54) is 44.0 Å². The molecule has 2 atom stereocenters. The maximum absolute atomic E-state index is 10.0. The summed E-state index contributed by atoms with van der Waals surface area (Å²) in [5, 5.41) is 21.9. The van der Waals surface area contributed by atoms with Crippen molar-refractivity contribution in [3.05, 3.63) is 76.7 Å². The zero-order valence-electron chi connectivity index (χ0n) is 21.9. The third-order valence-corrected chi connectivity index (χ3v) is 7.54. The fraction of sp³-hybridized carbons (Fsp3) is 0.429. The van der Waals surface area contributed by atoms with Crippen molar-refractivity contribution in [1.82, 2.24) is 20.2 Å². The SMILES string of the molecule is CC(=O)/C=C(/C)O.CC12CCC(c3c1n[n-]c3-c1cccc(OC[N-]Cc3ccccn3)n1)C2(C)C.[Ir]. The fourth-order valence-electron chi connectivity index (χ4n) is 5.36. The van der Waals surface area contributed by atoms with Gasteiger partial charge in [-0.25, -0.2) is 4.98 Å². The molecule has 0 aliphatic heterocycles. The Kier molecular flexibility index (Phi) is 9.05. The number of rotatable bonds is 7. The molecule has 2 aliphatic rings. The standard InChI is InChI=1S/C23H25N5O.C5H8O2.Ir/c1-22(2)16-10-11-23(22,3)21-19(16)20(27-28-21)17-8-6-9-18(26-17)29-14-24-13-15-7-4-5-12-25-15;1-4(6)3-5(2)7;/h4-9,12,16H,10-11,13-14H2,1-3H3;3,6H,1-2H3;/q-2;;/b;4-3-;. The van der Waals surface area contributed by atoms with Crippen LogP contribution in [0.5, 0.6) is 5.88 Å². The summed E-state index contributed by atoms with van der Waals surface area (Å²) in [6, 6.07) is 11.6. The van der Waals surface area contributed by atoms with Gasteiger partial charge in [0.1, 0.15) is 0 Å². The Balaban J connectivity index is 0.000000422. The number of aliphatic hydroxyl groups is 1. The molecule has 0 aromatic carbocycles. The Morgan fingerprint density at radius 2 is 2.00 bits per heavy atom. The third kappa shape index (κ3) is 5.84. The van der Waals surface area contributed by atoms with Crippen LogP contribution in [-0.4, -0.2) is 32.7 Å². The smallest absolute Gasteiger partial charge is 0.211 e. The molecular weight excluding hydrogens is 647 g/mol. The zero-order valence-corrected chi connectivity index (χ0v) is 24.3. The molecule has 37 heavy (non-hydrogen) atoms. The average molecular weight is 680 g/mol. The normalized spacial score (nSPS) is 20.9. The summed E-state index contributed by atoms with van der Waals surface area (Å²) >= 11 is 0. The number of carbonyl (C=O) groups excluding carboxylic acids is 1. The van der Waals surface area contributed by atoms with Crippen LogP contribution in [0.4, 0.5) is 0 Å². The van der Waals surface area contributed by atoms with E-state index in [2.05, 4.69) is 41.3 Å². The number of aromatic nitrogens is 4. The Morgan fingerprint density at radius 1 is 1.22 bits per heavy atom. The van der Waals surface area contributed by atoms with Gasteiger partial charge in [0, 0.05) is 62.0 Å². The van der Waals surface area contributed by atoms with Crippen LogP contribution >= 0.6 is 0 Å². The first-order valence-corrected chi connectivity index (χ1v) is 12.2. The predicted molar refractivity (Wildman–Crippen MR) is 138 cm³/mol. The minimum atomic E-state index is -0.125. The summed E-state index contributed by atoms with van der Waals surface area (Å²) in [5.41, 5.74) is 5.45. The average Bonchev–Trinajstić information content (AvgIpc) is 3.42. The number of carbonyl (C=O) groups is 1. The molecule has 3 heterocycles. The van der Waals surface area contributed by atoms with Gasteiger partial charge in [0.25, 0.3) is 0 Å². The maximum atomic E-state index is 10.0. The number of allylic oxidation sites excluding steroid dienone is 2. The van der Waals surface area contributed by atoms with Gasteiger partial charge in [-0.15, -0.1) is 6.54 Å². The largest absolute Gasteiger partial charge is 0.624 e. The Morgan fingerprint density at radius 3 is 2.65 bits per heavy atom. The second kappa shape index (κ2) is 11.7. The van der Waals surface area contributed by atoms with Gasteiger partial charge in [0.05, 0.1) is 11.5 Å². The van der Waals surface area contributed by atoms with Crippen LogP contribution in [0.1, 0.15) is 70.3 Å². The first kappa shape index (κ1) is 28.7. The van der Waals surface area contributed by atoms with E-state index >= 15 is 0 Å². The summed E-state index contributed by atoms with van der Waals surface area (Å²) in [4.78, 5) is 19.0. The zero-order chi connectivity index (χ0) is 25.9. The number of nitrogens with zero attached hydrogens (tertiary/aromatic N) is 5. The van der Waals surface area contributed by atoms with Gasteiger partial charge in [-0.3, -0.25) is 9.78 Å². The van der Waals surface area contributed by atoms with Gasteiger partial charge in [-0.1, -0.05) is 38.6 Å². The molecule has 1 saturated carbocycles.